The average Bonchev–Trinajstić information content (AvgIpc) is 2.67. The summed E-state index contributed by atoms with van der Waals surface area (Å²) in [6.45, 7) is 3.41. The van der Waals surface area contributed by atoms with Crippen LogP contribution in [0.5, 0.6) is 0 Å². The van der Waals surface area contributed by atoms with Crippen LogP contribution in [0.1, 0.15) is 40.7 Å². The Morgan fingerprint density at radius 1 is 1.23 bits per heavy atom. The molecule has 2 aliphatic heterocycles. The molecule has 2 aromatic rings. The predicted octanol–water partition coefficient (Wildman–Crippen LogP) is 3.24. The highest BCUT2D eigenvalue weighted by Crippen LogP contribution is 2.36. The first-order chi connectivity index (χ1) is 12.6. The molecule has 0 radical (unpaired) electrons. The molecule has 0 aliphatic carbocycles. The Morgan fingerprint density at radius 2 is 2.08 bits per heavy atom. The fourth-order valence-corrected chi connectivity index (χ4v) is 3.82. The van der Waals surface area contributed by atoms with Gasteiger partial charge in [-0.2, -0.15) is 0 Å². The SMILES string of the molecule is Cc1ccccc1CNC(=O)c1ccc2c(c1)NC(=O)[C@@H]1CCCCN21. The minimum absolute atomic E-state index is 0.0367. The molecule has 1 fully saturated rings. The van der Waals surface area contributed by atoms with E-state index in [0.717, 1.165) is 48.3 Å². The Balaban J connectivity index is 1.52. The number of anilines is 2. The lowest BCUT2D eigenvalue weighted by Crippen LogP contribution is -2.50. The van der Waals surface area contributed by atoms with Gasteiger partial charge in [-0.15, -0.1) is 0 Å². The van der Waals surface area contributed by atoms with Gasteiger partial charge < -0.3 is 15.5 Å². The molecule has 2 heterocycles. The third kappa shape index (κ3) is 3.05. The molecule has 5 nitrogen and oxygen atoms in total. The van der Waals surface area contributed by atoms with Crippen LogP contribution in [0.2, 0.25) is 0 Å². The van der Waals surface area contributed by atoms with Gasteiger partial charge in [0.05, 0.1) is 11.4 Å². The van der Waals surface area contributed by atoms with Crippen LogP contribution in [0, 0.1) is 6.92 Å². The Bertz CT molecular complexity index is 862. The van der Waals surface area contributed by atoms with Crippen LogP contribution in [-0.4, -0.2) is 24.4 Å². The number of hydrogen-bond donors (Lipinski definition) is 2. The zero-order valence-corrected chi connectivity index (χ0v) is 14.9. The van der Waals surface area contributed by atoms with E-state index in [2.05, 4.69) is 15.5 Å². The first kappa shape index (κ1) is 16.6. The summed E-state index contributed by atoms with van der Waals surface area (Å²) in [5.74, 6) is -0.0965. The van der Waals surface area contributed by atoms with Crippen LogP contribution in [0.15, 0.2) is 42.5 Å². The second-order valence-electron chi connectivity index (χ2n) is 7.04. The predicted molar refractivity (Wildman–Crippen MR) is 102 cm³/mol. The molecule has 134 valence electrons. The molecule has 2 aliphatic rings. The second-order valence-corrected chi connectivity index (χ2v) is 7.04. The van der Waals surface area contributed by atoms with Gasteiger partial charge in [-0.3, -0.25) is 9.59 Å². The van der Waals surface area contributed by atoms with Crippen LogP contribution in [0.25, 0.3) is 0 Å². The van der Waals surface area contributed by atoms with Crippen molar-refractivity contribution < 1.29 is 9.59 Å². The van der Waals surface area contributed by atoms with Crippen LogP contribution in [0.4, 0.5) is 11.4 Å². The normalized spacial score (nSPS) is 18.6. The second kappa shape index (κ2) is 6.83. The fraction of sp³-hybridized carbons (Fsp3) is 0.333. The summed E-state index contributed by atoms with van der Waals surface area (Å²) in [5, 5.41) is 5.94. The summed E-state index contributed by atoms with van der Waals surface area (Å²) in [5.41, 5.74) is 4.57. The molecular formula is C21H23N3O2. The van der Waals surface area contributed by atoms with Crippen molar-refractivity contribution in [3.63, 3.8) is 0 Å². The van der Waals surface area contributed by atoms with Gasteiger partial charge in [-0.05, 0) is 55.5 Å². The zero-order chi connectivity index (χ0) is 18.1. The van der Waals surface area contributed by atoms with Crippen molar-refractivity contribution in [3.05, 3.63) is 59.2 Å². The molecule has 1 atom stereocenters. The van der Waals surface area contributed by atoms with Crippen molar-refractivity contribution in [3.8, 4) is 0 Å². The summed E-state index contributed by atoms with van der Waals surface area (Å²) in [4.78, 5) is 27.1. The van der Waals surface area contributed by atoms with E-state index in [1.807, 2.05) is 43.3 Å². The molecule has 26 heavy (non-hydrogen) atoms. The summed E-state index contributed by atoms with van der Waals surface area (Å²) in [6, 6.07) is 13.5. The number of piperidine rings is 1. The van der Waals surface area contributed by atoms with E-state index in [9.17, 15) is 9.59 Å². The van der Waals surface area contributed by atoms with Crippen molar-refractivity contribution in [2.24, 2.45) is 0 Å². The number of nitrogens with one attached hydrogen (secondary N) is 2. The van der Waals surface area contributed by atoms with Crippen molar-refractivity contribution in [1.82, 2.24) is 5.32 Å². The largest absolute Gasteiger partial charge is 0.358 e. The topological polar surface area (TPSA) is 61.4 Å². The molecule has 0 saturated carbocycles. The molecule has 0 aromatic heterocycles. The molecule has 0 bridgehead atoms. The molecule has 2 amide bonds. The van der Waals surface area contributed by atoms with Crippen LogP contribution >= 0.6 is 0 Å². The average molecular weight is 349 g/mol. The highest BCUT2D eigenvalue weighted by atomic mass is 16.2. The van der Waals surface area contributed by atoms with Gasteiger partial charge in [0.15, 0.2) is 0 Å². The smallest absolute Gasteiger partial charge is 0.251 e. The lowest BCUT2D eigenvalue weighted by atomic mass is 9.97. The molecular weight excluding hydrogens is 326 g/mol. The zero-order valence-electron chi connectivity index (χ0n) is 14.9. The van der Waals surface area contributed by atoms with Crippen molar-refractivity contribution in [2.45, 2.75) is 38.8 Å². The lowest BCUT2D eigenvalue weighted by molar-refractivity contribution is -0.118. The third-order valence-corrected chi connectivity index (χ3v) is 5.33. The van der Waals surface area contributed by atoms with E-state index < -0.39 is 0 Å². The monoisotopic (exact) mass is 349 g/mol. The minimum atomic E-state index is -0.133. The van der Waals surface area contributed by atoms with Gasteiger partial charge in [0.25, 0.3) is 5.91 Å². The van der Waals surface area contributed by atoms with E-state index in [4.69, 9.17) is 0 Å². The van der Waals surface area contributed by atoms with E-state index in [1.165, 1.54) is 0 Å². The number of aryl methyl sites for hydroxylation is 1. The van der Waals surface area contributed by atoms with Crippen molar-refractivity contribution in [1.29, 1.82) is 0 Å². The van der Waals surface area contributed by atoms with Gasteiger partial charge in [0.2, 0.25) is 5.91 Å². The lowest BCUT2D eigenvalue weighted by Gasteiger charge is -2.41. The number of rotatable bonds is 3. The highest BCUT2D eigenvalue weighted by Gasteiger charge is 2.34. The Labute approximate surface area is 153 Å². The van der Waals surface area contributed by atoms with Crippen LogP contribution in [-0.2, 0) is 11.3 Å². The summed E-state index contributed by atoms with van der Waals surface area (Å²) in [7, 11) is 0. The summed E-state index contributed by atoms with van der Waals surface area (Å²) in [6.07, 6.45) is 3.08. The first-order valence-electron chi connectivity index (χ1n) is 9.18. The van der Waals surface area contributed by atoms with E-state index in [0.29, 0.717) is 12.1 Å². The van der Waals surface area contributed by atoms with Crippen LogP contribution in [0.3, 0.4) is 0 Å². The molecule has 5 heteroatoms. The first-order valence-corrected chi connectivity index (χ1v) is 9.18. The standard InChI is InChI=1S/C21H23N3O2/c1-14-6-2-3-7-16(14)13-22-20(25)15-9-10-18-17(12-15)23-21(26)19-8-4-5-11-24(18)19/h2-3,6-7,9-10,12,19H,4-5,8,11,13H2,1H3,(H,22,25)(H,23,26)/t19-/m0/s1. The fourth-order valence-electron chi connectivity index (χ4n) is 3.82. The number of fused-ring (bicyclic) bond motifs is 3. The molecule has 1 saturated heterocycles. The maximum atomic E-state index is 12.5. The number of hydrogen-bond acceptors (Lipinski definition) is 3. The summed E-state index contributed by atoms with van der Waals surface area (Å²) < 4.78 is 0. The van der Waals surface area contributed by atoms with E-state index in [-0.39, 0.29) is 17.9 Å². The molecule has 0 spiro atoms. The summed E-state index contributed by atoms with van der Waals surface area (Å²) >= 11 is 0. The van der Waals surface area contributed by atoms with Crippen molar-refractivity contribution >= 4 is 23.2 Å². The Hall–Kier alpha value is -2.82. The molecule has 2 aromatic carbocycles. The number of nitrogens with zero attached hydrogens (tertiary/aromatic N) is 1. The number of benzene rings is 2. The van der Waals surface area contributed by atoms with Gasteiger partial charge in [0, 0.05) is 18.7 Å². The Kier molecular flexibility index (Phi) is 4.37. The van der Waals surface area contributed by atoms with Gasteiger partial charge in [0.1, 0.15) is 6.04 Å². The van der Waals surface area contributed by atoms with Crippen molar-refractivity contribution in [2.75, 3.05) is 16.8 Å². The number of carbonyl (C=O) groups excluding carboxylic acids is 2. The molecule has 2 N–H and O–H groups in total. The van der Waals surface area contributed by atoms with Gasteiger partial charge >= 0.3 is 0 Å². The maximum Gasteiger partial charge on any atom is 0.251 e. The van der Waals surface area contributed by atoms with Crippen LogP contribution < -0.4 is 15.5 Å². The van der Waals surface area contributed by atoms with Gasteiger partial charge in [-0.25, -0.2) is 0 Å². The van der Waals surface area contributed by atoms with Gasteiger partial charge in [-0.1, -0.05) is 24.3 Å². The minimum Gasteiger partial charge on any atom is -0.358 e. The molecule has 0 unspecified atom stereocenters. The van der Waals surface area contributed by atoms with E-state index in [1.54, 1.807) is 6.07 Å². The number of carbonyl (C=O) groups is 2. The quantitative estimate of drug-likeness (QED) is 0.894. The third-order valence-electron chi connectivity index (χ3n) is 5.33. The molecule has 4 rings (SSSR count). The number of amides is 2. The maximum absolute atomic E-state index is 12.5. The highest BCUT2D eigenvalue weighted by molar-refractivity contribution is 6.05. The Morgan fingerprint density at radius 3 is 2.92 bits per heavy atom. The van der Waals surface area contributed by atoms with E-state index >= 15 is 0 Å².